The zero-order valence-corrected chi connectivity index (χ0v) is 11.5. The second-order valence-electron chi connectivity index (χ2n) is 5.05. The van der Waals surface area contributed by atoms with E-state index in [0.717, 1.165) is 31.7 Å². The summed E-state index contributed by atoms with van der Waals surface area (Å²) in [5.74, 6) is 0.388. The fourth-order valence-corrected chi connectivity index (χ4v) is 2.76. The maximum Gasteiger partial charge on any atom is 0.142 e. The Kier molecular flexibility index (Phi) is 4.98. The van der Waals surface area contributed by atoms with Gasteiger partial charge in [-0.05, 0) is 56.6 Å². The minimum Gasteiger partial charge on any atom is -0.319 e. The number of hydrogen-bond acceptors (Lipinski definition) is 2. The van der Waals surface area contributed by atoms with E-state index in [1.165, 1.54) is 12.8 Å². The summed E-state index contributed by atoms with van der Waals surface area (Å²) in [4.78, 5) is 2.40. The van der Waals surface area contributed by atoms with E-state index >= 15 is 0 Å². The summed E-state index contributed by atoms with van der Waals surface area (Å²) < 4.78 is 13.4. The zero-order chi connectivity index (χ0) is 13.0. The van der Waals surface area contributed by atoms with Gasteiger partial charge in [-0.25, -0.2) is 4.39 Å². The topological polar surface area (TPSA) is 15.3 Å². The van der Waals surface area contributed by atoms with Crippen LogP contribution in [-0.4, -0.2) is 31.6 Å². The van der Waals surface area contributed by atoms with Gasteiger partial charge in [0.05, 0.1) is 5.02 Å². The summed E-state index contributed by atoms with van der Waals surface area (Å²) in [6.07, 6.45) is 2.51. The molecular weight excluding hydrogens is 251 g/mol. The van der Waals surface area contributed by atoms with Gasteiger partial charge in [-0.3, -0.25) is 4.90 Å². The first-order chi connectivity index (χ1) is 8.69. The third kappa shape index (κ3) is 3.67. The van der Waals surface area contributed by atoms with Crippen LogP contribution in [0, 0.1) is 11.7 Å². The van der Waals surface area contributed by atoms with Crippen LogP contribution < -0.4 is 5.32 Å². The minimum absolute atomic E-state index is 0.199. The van der Waals surface area contributed by atoms with Crippen molar-refractivity contribution in [1.82, 2.24) is 10.2 Å². The van der Waals surface area contributed by atoms with Crippen molar-refractivity contribution in [3.8, 4) is 0 Å². The van der Waals surface area contributed by atoms with Crippen LogP contribution in [-0.2, 0) is 6.54 Å². The third-order valence-corrected chi connectivity index (χ3v) is 3.79. The highest BCUT2D eigenvalue weighted by Crippen LogP contribution is 2.20. The molecule has 1 atom stereocenters. The van der Waals surface area contributed by atoms with Gasteiger partial charge in [0.2, 0.25) is 0 Å². The highest BCUT2D eigenvalue weighted by molar-refractivity contribution is 6.30. The molecule has 100 valence electrons. The lowest BCUT2D eigenvalue weighted by atomic mass is 9.97. The maximum absolute atomic E-state index is 13.4. The van der Waals surface area contributed by atoms with Crippen LogP contribution in [0.4, 0.5) is 4.39 Å². The van der Waals surface area contributed by atoms with Crippen molar-refractivity contribution in [2.75, 3.05) is 26.7 Å². The summed E-state index contributed by atoms with van der Waals surface area (Å²) in [6.45, 7) is 4.06. The molecule has 1 heterocycles. The first-order valence-corrected chi connectivity index (χ1v) is 6.87. The van der Waals surface area contributed by atoms with Crippen molar-refractivity contribution in [1.29, 1.82) is 0 Å². The van der Waals surface area contributed by atoms with Gasteiger partial charge in [0, 0.05) is 13.1 Å². The first kappa shape index (κ1) is 13.8. The van der Waals surface area contributed by atoms with E-state index < -0.39 is 0 Å². The highest BCUT2D eigenvalue weighted by Gasteiger charge is 2.19. The molecule has 0 aromatic heterocycles. The SMILES string of the molecule is CNCC1CCCN(Cc2ccc(Cl)c(F)c2)C1. The molecule has 18 heavy (non-hydrogen) atoms. The molecule has 0 saturated carbocycles. The number of halogens is 2. The van der Waals surface area contributed by atoms with Crippen LogP contribution in [0.5, 0.6) is 0 Å². The van der Waals surface area contributed by atoms with E-state index in [2.05, 4.69) is 10.2 Å². The molecule has 2 nitrogen and oxygen atoms in total. The predicted molar refractivity (Wildman–Crippen MR) is 73.3 cm³/mol. The molecule has 1 aromatic rings. The lowest BCUT2D eigenvalue weighted by Gasteiger charge is -2.32. The average molecular weight is 271 g/mol. The first-order valence-electron chi connectivity index (χ1n) is 6.50. The van der Waals surface area contributed by atoms with Crippen LogP contribution in [0.15, 0.2) is 18.2 Å². The van der Waals surface area contributed by atoms with Crippen LogP contribution in [0.2, 0.25) is 5.02 Å². The highest BCUT2D eigenvalue weighted by atomic mass is 35.5. The Balaban J connectivity index is 1.93. The Hall–Kier alpha value is -0.640. The molecular formula is C14H20ClFN2. The Morgan fingerprint density at radius 1 is 1.50 bits per heavy atom. The van der Waals surface area contributed by atoms with Crippen molar-refractivity contribution in [2.45, 2.75) is 19.4 Å². The van der Waals surface area contributed by atoms with E-state index in [0.29, 0.717) is 5.92 Å². The molecule has 1 unspecified atom stereocenters. The van der Waals surface area contributed by atoms with Gasteiger partial charge < -0.3 is 5.32 Å². The van der Waals surface area contributed by atoms with Gasteiger partial charge in [-0.2, -0.15) is 0 Å². The summed E-state index contributed by atoms with van der Waals surface area (Å²) >= 11 is 5.69. The van der Waals surface area contributed by atoms with Crippen molar-refractivity contribution in [3.63, 3.8) is 0 Å². The monoisotopic (exact) mass is 270 g/mol. The number of likely N-dealkylation sites (tertiary alicyclic amines) is 1. The van der Waals surface area contributed by atoms with Crippen molar-refractivity contribution in [3.05, 3.63) is 34.6 Å². The molecule has 0 bridgehead atoms. The molecule has 0 radical (unpaired) electrons. The van der Waals surface area contributed by atoms with Crippen molar-refractivity contribution >= 4 is 11.6 Å². The van der Waals surface area contributed by atoms with Gasteiger partial charge in [0.1, 0.15) is 5.82 Å². The third-order valence-electron chi connectivity index (χ3n) is 3.49. The molecule has 0 spiro atoms. The number of benzene rings is 1. The van der Waals surface area contributed by atoms with Crippen molar-refractivity contribution in [2.24, 2.45) is 5.92 Å². The van der Waals surface area contributed by atoms with E-state index in [-0.39, 0.29) is 10.8 Å². The van der Waals surface area contributed by atoms with E-state index in [4.69, 9.17) is 11.6 Å². The Labute approximate surface area is 113 Å². The van der Waals surface area contributed by atoms with Gasteiger partial charge in [0.25, 0.3) is 0 Å². The molecule has 1 fully saturated rings. The van der Waals surface area contributed by atoms with E-state index in [9.17, 15) is 4.39 Å². The molecule has 0 aliphatic carbocycles. The fourth-order valence-electron chi connectivity index (χ4n) is 2.65. The second kappa shape index (κ2) is 6.50. The molecule has 1 saturated heterocycles. The van der Waals surface area contributed by atoms with Gasteiger partial charge >= 0.3 is 0 Å². The quantitative estimate of drug-likeness (QED) is 0.905. The zero-order valence-electron chi connectivity index (χ0n) is 10.8. The average Bonchev–Trinajstić information content (AvgIpc) is 2.35. The number of nitrogens with one attached hydrogen (secondary N) is 1. The molecule has 0 amide bonds. The number of piperidine rings is 1. The van der Waals surface area contributed by atoms with Crippen LogP contribution in [0.3, 0.4) is 0 Å². The number of rotatable bonds is 4. The molecule has 4 heteroatoms. The van der Waals surface area contributed by atoms with Crippen LogP contribution in [0.25, 0.3) is 0 Å². The standard InChI is InChI=1S/C14H20ClFN2/c1-17-8-12-3-2-6-18(10-12)9-11-4-5-13(15)14(16)7-11/h4-5,7,12,17H,2-3,6,8-10H2,1H3. The Morgan fingerprint density at radius 3 is 3.06 bits per heavy atom. The summed E-state index contributed by atoms with van der Waals surface area (Å²) in [5, 5.41) is 3.43. The molecule has 1 N–H and O–H groups in total. The maximum atomic E-state index is 13.4. The summed E-state index contributed by atoms with van der Waals surface area (Å²) in [5.41, 5.74) is 1.00. The fraction of sp³-hybridized carbons (Fsp3) is 0.571. The Bertz CT molecular complexity index is 395. The van der Waals surface area contributed by atoms with Gasteiger partial charge in [0.15, 0.2) is 0 Å². The van der Waals surface area contributed by atoms with Gasteiger partial charge in [-0.1, -0.05) is 17.7 Å². The number of hydrogen-bond donors (Lipinski definition) is 1. The number of nitrogens with zero attached hydrogens (tertiary/aromatic N) is 1. The molecule has 2 rings (SSSR count). The molecule has 1 aromatic carbocycles. The normalized spacial score (nSPS) is 21.2. The van der Waals surface area contributed by atoms with Crippen LogP contribution >= 0.6 is 11.6 Å². The lowest BCUT2D eigenvalue weighted by Crippen LogP contribution is -2.38. The predicted octanol–water partition coefficient (Wildman–Crippen LogP) is 2.91. The largest absolute Gasteiger partial charge is 0.319 e. The Morgan fingerprint density at radius 2 is 2.33 bits per heavy atom. The van der Waals surface area contributed by atoms with Crippen molar-refractivity contribution < 1.29 is 4.39 Å². The smallest absolute Gasteiger partial charge is 0.142 e. The van der Waals surface area contributed by atoms with Gasteiger partial charge in [-0.15, -0.1) is 0 Å². The lowest BCUT2D eigenvalue weighted by molar-refractivity contribution is 0.166. The van der Waals surface area contributed by atoms with E-state index in [1.54, 1.807) is 12.1 Å². The van der Waals surface area contributed by atoms with Crippen LogP contribution in [0.1, 0.15) is 18.4 Å². The minimum atomic E-state index is -0.321. The summed E-state index contributed by atoms with van der Waals surface area (Å²) in [7, 11) is 1.99. The molecule has 1 aliphatic rings. The van der Waals surface area contributed by atoms with E-state index in [1.807, 2.05) is 13.1 Å². The second-order valence-corrected chi connectivity index (χ2v) is 5.46. The summed E-state index contributed by atoms with van der Waals surface area (Å²) in [6, 6.07) is 5.10. The molecule has 1 aliphatic heterocycles.